The Kier molecular flexibility index (Phi) is 4.62. The zero-order valence-corrected chi connectivity index (χ0v) is 10.4. The van der Waals surface area contributed by atoms with E-state index in [1.165, 1.54) is 4.90 Å². The van der Waals surface area contributed by atoms with Crippen molar-refractivity contribution < 1.29 is 9.90 Å². The molecular formula is C13H16O2S. The van der Waals surface area contributed by atoms with Gasteiger partial charge in [-0.15, -0.1) is 11.8 Å². The van der Waals surface area contributed by atoms with Crippen LogP contribution in [0.3, 0.4) is 0 Å². The van der Waals surface area contributed by atoms with Crippen molar-refractivity contribution in [2.75, 3.05) is 0 Å². The average molecular weight is 236 g/mol. The van der Waals surface area contributed by atoms with Gasteiger partial charge in [0.25, 0.3) is 0 Å². The summed E-state index contributed by atoms with van der Waals surface area (Å²) in [5.74, 6) is -0.930. The molecule has 2 nitrogen and oxygen atoms in total. The highest BCUT2D eigenvalue weighted by atomic mass is 32.2. The first-order valence-corrected chi connectivity index (χ1v) is 6.03. The first-order chi connectivity index (χ1) is 7.49. The molecule has 1 aromatic rings. The van der Waals surface area contributed by atoms with Gasteiger partial charge in [0, 0.05) is 22.1 Å². The second-order valence-corrected chi connectivity index (χ2v) is 5.55. The molecule has 1 N–H and O–H groups in total. The fraction of sp³-hybridized carbons (Fsp3) is 0.308. The Morgan fingerprint density at radius 2 is 1.94 bits per heavy atom. The molecule has 0 saturated carbocycles. The molecule has 1 aromatic carbocycles. The highest BCUT2D eigenvalue weighted by molar-refractivity contribution is 7.99. The fourth-order valence-corrected chi connectivity index (χ4v) is 2.12. The summed E-state index contributed by atoms with van der Waals surface area (Å²) in [7, 11) is 0. The number of carbonyl (C=O) groups is 1. The minimum Gasteiger partial charge on any atom is -0.478 e. The largest absolute Gasteiger partial charge is 0.478 e. The van der Waals surface area contributed by atoms with E-state index in [-0.39, 0.29) is 5.57 Å². The van der Waals surface area contributed by atoms with E-state index < -0.39 is 5.97 Å². The molecule has 0 spiro atoms. The maximum absolute atomic E-state index is 10.6. The van der Waals surface area contributed by atoms with Gasteiger partial charge in [0.2, 0.25) is 0 Å². The van der Waals surface area contributed by atoms with Gasteiger partial charge in [-0.3, -0.25) is 0 Å². The van der Waals surface area contributed by atoms with Crippen molar-refractivity contribution in [3.05, 3.63) is 42.0 Å². The Hall–Kier alpha value is -1.22. The lowest BCUT2D eigenvalue weighted by atomic mass is 10.1. The summed E-state index contributed by atoms with van der Waals surface area (Å²) >= 11 is 1.79. The quantitative estimate of drug-likeness (QED) is 0.629. The van der Waals surface area contributed by atoms with E-state index in [0.717, 1.165) is 5.56 Å². The van der Waals surface area contributed by atoms with Gasteiger partial charge in [0.1, 0.15) is 0 Å². The van der Waals surface area contributed by atoms with E-state index >= 15 is 0 Å². The molecule has 0 aliphatic carbocycles. The van der Waals surface area contributed by atoms with E-state index in [4.69, 9.17) is 5.11 Å². The van der Waals surface area contributed by atoms with Gasteiger partial charge in [-0.1, -0.05) is 32.6 Å². The average Bonchev–Trinajstić information content (AvgIpc) is 2.20. The van der Waals surface area contributed by atoms with Gasteiger partial charge < -0.3 is 5.11 Å². The Morgan fingerprint density at radius 1 is 1.38 bits per heavy atom. The number of aliphatic carboxylic acids is 1. The summed E-state index contributed by atoms with van der Waals surface area (Å²) in [6.45, 7) is 7.80. The molecular weight excluding hydrogens is 220 g/mol. The highest BCUT2D eigenvalue weighted by Crippen LogP contribution is 2.23. The third-order valence-corrected chi connectivity index (χ3v) is 3.03. The van der Waals surface area contributed by atoms with Gasteiger partial charge in [0.15, 0.2) is 0 Å². The van der Waals surface area contributed by atoms with Crippen LogP contribution in [0.5, 0.6) is 0 Å². The van der Waals surface area contributed by atoms with Crippen molar-refractivity contribution >= 4 is 17.7 Å². The SMILES string of the molecule is C=C(Cc1ccc(SC(C)C)cc1)C(=O)O. The third kappa shape index (κ3) is 4.11. The molecule has 1 rings (SSSR count). The zero-order chi connectivity index (χ0) is 12.1. The van der Waals surface area contributed by atoms with Crippen molar-refractivity contribution in [2.45, 2.75) is 30.4 Å². The molecule has 0 aliphatic heterocycles. The van der Waals surface area contributed by atoms with Crippen LogP contribution in [0, 0.1) is 0 Å². The molecule has 0 radical (unpaired) electrons. The molecule has 0 unspecified atom stereocenters. The molecule has 0 bridgehead atoms. The molecule has 16 heavy (non-hydrogen) atoms. The van der Waals surface area contributed by atoms with Crippen LogP contribution in [-0.2, 0) is 11.2 Å². The Bertz CT molecular complexity index is 379. The Balaban J connectivity index is 2.64. The van der Waals surface area contributed by atoms with Crippen LogP contribution in [0.4, 0.5) is 0 Å². The second kappa shape index (κ2) is 5.75. The highest BCUT2D eigenvalue weighted by Gasteiger charge is 2.05. The number of benzene rings is 1. The second-order valence-electron chi connectivity index (χ2n) is 3.90. The van der Waals surface area contributed by atoms with Gasteiger partial charge >= 0.3 is 5.97 Å². The topological polar surface area (TPSA) is 37.3 Å². The van der Waals surface area contributed by atoms with Gasteiger partial charge in [-0.2, -0.15) is 0 Å². The van der Waals surface area contributed by atoms with Crippen molar-refractivity contribution in [3.8, 4) is 0 Å². The van der Waals surface area contributed by atoms with Crippen molar-refractivity contribution in [1.82, 2.24) is 0 Å². The number of carboxylic acids is 1. The number of hydrogen-bond donors (Lipinski definition) is 1. The third-order valence-electron chi connectivity index (χ3n) is 2.02. The number of carboxylic acid groups (broad SMARTS) is 1. The van der Waals surface area contributed by atoms with Gasteiger partial charge in [0.05, 0.1) is 0 Å². The van der Waals surface area contributed by atoms with Crippen LogP contribution in [0.2, 0.25) is 0 Å². The molecule has 0 aliphatic rings. The molecule has 0 saturated heterocycles. The monoisotopic (exact) mass is 236 g/mol. The van der Waals surface area contributed by atoms with E-state index in [1.54, 1.807) is 11.8 Å². The standard InChI is InChI=1S/C13H16O2S/c1-9(2)16-12-6-4-11(5-7-12)8-10(3)13(14)15/h4-7,9H,3,8H2,1-2H3,(H,14,15). The van der Waals surface area contributed by atoms with Crippen LogP contribution >= 0.6 is 11.8 Å². The summed E-state index contributed by atoms with van der Waals surface area (Å²) < 4.78 is 0. The predicted molar refractivity (Wildman–Crippen MR) is 67.9 cm³/mol. The first kappa shape index (κ1) is 12.8. The van der Waals surface area contributed by atoms with E-state index in [2.05, 4.69) is 20.4 Å². The lowest BCUT2D eigenvalue weighted by Crippen LogP contribution is -2.01. The lowest BCUT2D eigenvalue weighted by molar-refractivity contribution is -0.132. The molecule has 0 heterocycles. The van der Waals surface area contributed by atoms with Crippen LogP contribution in [0.25, 0.3) is 0 Å². The zero-order valence-electron chi connectivity index (χ0n) is 9.56. The number of thioether (sulfide) groups is 1. The normalized spacial score (nSPS) is 10.4. The Morgan fingerprint density at radius 3 is 2.38 bits per heavy atom. The molecule has 0 amide bonds. The summed E-state index contributed by atoms with van der Waals surface area (Å²) in [6.07, 6.45) is 0.405. The predicted octanol–water partition coefficient (Wildman–Crippen LogP) is 3.37. The van der Waals surface area contributed by atoms with Crippen molar-refractivity contribution in [3.63, 3.8) is 0 Å². The molecule has 0 atom stereocenters. The minimum absolute atomic E-state index is 0.226. The number of rotatable bonds is 5. The molecule has 3 heteroatoms. The summed E-state index contributed by atoms with van der Waals surface area (Å²) in [6, 6.07) is 7.96. The van der Waals surface area contributed by atoms with Crippen LogP contribution in [0.1, 0.15) is 19.4 Å². The summed E-state index contributed by atoms with van der Waals surface area (Å²) in [4.78, 5) is 11.8. The Labute approximate surface area is 100 Å². The fourth-order valence-electron chi connectivity index (χ4n) is 1.28. The van der Waals surface area contributed by atoms with E-state index in [9.17, 15) is 4.79 Å². The lowest BCUT2D eigenvalue weighted by Gasteiger charge is -2.06. The molecule has 0 aromatic heterocycles. The van der Waals surface area contributed by atoms with Crippen LogP contribution < -0.4 is 0 Å². The van der Waals surface area contributed by atoms with E-state index in [0.29, 0.717) is 11.7 Å². The smallest absolute Gasteiger partial charge is 0.331 e. The van der Waals surface area contributed by atoms with Crippen LogP contribution in [0.15, 0.2) is 41.3 Å². The molecule has 86 valence electrons. The van der Waals surface area contributed by atoms with Gasteiger partial charge in [-0.25, -0.2) is 4.79 Å². The maximum Gasteiger partial charge on any atom is 0.331 e. The summed E-state index contributed by atoms with van der Waals surface area (Å²) in [5.41, 5.74) is 1.21. The van der Waals surface area contributed by atoms with Gasteiger partial charge in [-0.05, 0) is 17.7 Å². The van der Waals surface area contributed by atoms with Crippen LogP contribution in [-0.4, -0.2) is 16.3 Å². The van der Waals surface area contributed by atoms with Crippen molar-refractivity contribution in [1.29, 1.82) is 0 Å². The van der Waals surface area contributed by atoms with E-state index in [1.807, 2.05) is 24.3 Å². The maximum atomic E-state index is 10.6. The molecule has 0 fully saturated rings. The summed E-state index contributed by atoms with van der Waals surface area (Å²) in [5, 5.41) is 9.27. The first-order valence-electron chi connectivity index (χ1n) is 5.15. The minimum atomic E-state index is -0.930. The number of hydrogen-bond acceptors (Lipinski definition) is 2. The van der Waals surface area contributed by atoms with Crippen molar-refractivity contribution in [2.24, 2.45) is 0 Å².